The third-order valence-corrected chi connectivity index (χ3v) is 9.34. The summed E-state index contributed by atoms with van der Waals surface area (Å²) in [6, 6.07) is 14.5. The van der Waals surface area contributed by atoms with Crippen molar-refractivity contribution in [2.24, 2.45) is 0 Å². The Morgan fingerprint density at radius 3 is 1.47 bits per heavy atom. The van der Waals surface area contributed by atoms with E-state index in [4.69, 9.17) is 0 Å². The maximum atomic E-state index is 2.52. The first kappa shape index (κ1) is 25.1. The molecule has 1 heteroatoms. The topological polar surface area (TPSA) is 0 Å². The number of hydrogen-bond donors (Lipinski definition) is 0. The molecule has 0 saturated carbocycles. The van der Waals surface area contributed by atoms with E-state index in [1.54, 1.807) is 0 Å². The molecule has 0 aliphatic rings. The lowest BCUT2D eigenvalue weighted by Crippen LogP contribution is -2.31. The maximum Gasteiger partial charge on any atom is -0.0114 e. The minimum Gasteiger partial charge on any atom is -0.0643 e. The summed E-state index contributed by atoms with van der Waals surface area (Å²) in [5.41, 5.74) is 7.34. The molecular weight excluding hydrogens is 379 g/mol. The van der Waals surface area contributed by atoms with Crippen molar-refractivity contribution in [2.75, 3.05) is 0 Å². The van der Waals surface area contributed by atoms with Crippen molar-refractivity contribution < 1.29 is 0 Å². The van der Waals surface area contributed by atoms with Crippen LogP contribution in [-0.2, 0) is 0 Å². The van der Waals surface area contributed by atoms with Crippen LogP contribution in [0, 0.1) is 0 Å². The second-order valence-corrected chi connectivity index (χ2v) is 15.6. The highest BCUT2D eigenvalue weighted by molar-refractivity contribution is 7.68. The van der Waals surface area contributed by atoms with E-state index in [0.717, 1.165) is 0 Å². The lowest BCUT2D eigenvalue weighted by atomic mass is 9.82. The zero-order chi connectivity index (χ0) is 23.0. The average Bonchev–Trinajstić information content (AvgIpc) is 2.58. The second-order valence-electron chi connectivity index (χ2n) is 11.8. The lowest BCUT2D eigenvalue weighted by Gasteiger charge is -2.42. The Morgan fingerprint density at radius 1 is 0.633 bits per heavy atom. The van der Waals surface area contributed by atoms with E-state index in [0.29, 0.717) is 17.8 Å². The average molecular weight is 425 g/mol. The summed E-state index contributed by atoms with van der Waals surface area (Å²) in [4.78, 5) is 0. The van der Waals surface area contributed by atoms with E-state index in [1.165, 1.54) is 33.1 Å². The SMILES string of the molecule is CC(C)c1cc(C(C)C)c(-c2cccc(P(C(C)(C)C)C(C)(C)C)c2)c(C(C)C)c1. The van der Waals surface area contributed by atoms with Crippen molar-refractivity contribution >= 4 is 13.2 Å². The molecule has 0 aromatic heterocycles. The van der Waals surface area contributed by atoms with Crippen molar-refractivity contribution in [3.8, 4) is 11.1 Å². The first-order valence-electron chi connectivity index (χ1n) is 11.7. The van der Waals surface area contributed by atoms with Gasteiger partial charge in [0.15, 0.2) is 0 Å². The molecule has 0 heterocycles. The molecule has 166 valence electrons. The summed E-state index contributed by atoms with van der Waals surface area (Å²) in [6.07, 6.45) is 0. The first-order chi connectivity index (χ1) is 13.6. The van der Waals surface area contributed by atoms with E-state index in [9.17, 15) is 0 Å². The predicted molar refractivity (Wildman–Crippen MR) is 140 cm³/mol. The van der Waals surface area contributed by atoms with Crippen molar-refractivity contribution in [1.82, 2.24) is 0 Å². The molecule has 2 rings (SSSR count). The molecule has 2 aromatic rings. The molecule has 0 saturated heterocycles. The monoisotopic (exact) mass is 424 g/mol. The van der Waals surface area contributed by atoms with Gasteiger partial charge in [0.2, 0.25) is 0 Å². The van der Waals surface area contributed by atoms with Crippen LogP contribution in [0.3, 0.4) is 0 Å². The molecule has 30 heavy (non-hydrogen) atoms. The minimum atomic E-state index is -0.311. The van der Waals surface area contributed by atoms with Crippen LogP contribution in [0.25, 0.3) is 11.1 Å². The Hall–Kier alpha value is -1.13. The van der Waals surface area contributed by atoms with Gasteiger partial charge in [0.1, 0.15) is 0 Å². The molecule has 0 atom stereocenters. The maximum absolute atomic E-state index is 2.52. The van der Waals surface area contributed by atoms with Gasteiger partial charge in [-0.25, -0.2) is 0 Å². The Labute approximate surface area is 188 Å². The van der Waals surface area contributed by atoms with Gasteiger partial charge in [0.25, 0.3) is 0 Å². The molecule has 0 radical (unpaired) electrons. The Morgan fingerprint density at radius 2 is 1.10 bits per heavy atom. The Kier molecular flexibility index (Phi) is 7.67. The fourth-order valence-electron chi connectivity index (χ4n) is 4.87. The number of rotatable bonds is 5. The summed E-state index contributed by atoms with van der Waals surface area (Å²) in [7, 11) is -0.311. The first-order valence-corrected chi connectivity index (χ1v) is 13.1. The zero-order valence-electron chi connectivity index (χ0n) is 21.6. The van der Waals surface area contributed by atoms with Gasteiger partial charge < -0.3 is 0 Å². The number of hydrogen-bond acceptors (Lipinski definition) is 0. The van der Waals surface area contributed by atoms with Crippen LogP contribution >= 0.6 is 7.92 Å². The van der Waals surface area contributed by atoms with Gasteiger partial charge in [-0.15, -0.1) is 0 Å². The molecule has 0 aliphatic heterocycles. The quantitative estimate of drug-likeness (QED) is 0.419. The van der Waals surface area contributed by atoms with Gasteiger partial charge in [0.05, 0.1) is 0 Å². The molecule has 0 aliphatic carbocycles. The predicted octanol–water partition coefficient (Wildman–Crippen LogP) is 9.43. The van der Waals surface area contributed by atoms with Crippen LogP contribution < -0.4 is 5.30 Å². The van der Waals surface area contributed by atoms with E-state index < -0.39 is 0 Å². The third-order valence-electron chi connectivity index (χ3n) is 5.87. The summed E-state index contributed by atoms with van der Waals surface area (Å²) in [5, 5.41) is 2.07. The summed E-state index contributed by atoms with van der Waals surface area (Å²) in [6.45, 7) is 28.4. The van der Waals surface area contributed by atoms with Gasteiger partial charge in [-0.2, -0.15) is 0 Å². The lowest BCUT2D eigenvalue weighted by molar-refractivity contribution is 0.715. The minimum absolute atomic E-state index is 0.273. The van der Waals surface area contributed by atoms with E-state index in [2.05, 4.69) is 119 Å². The molecular formula is C29H45P. The van der Waals surface area contributed by atoms with Gasteiger partial charge in [-0.3, -0.25) is 0 Å². The Bertz CT molecular complexity index is 814. The van der Waals surface area contributed by atoms with Crippen LogP contribution in [-0.4, -0.2) is 10.3 Å². The fraction of sp³-hybridized carbons (Fsp3) is 0.586. The molecule has 0 unspecified atom stereocenters. The fourth-order valence-corrected chi connectivity index (χ4v) is 8.94. The van der Waals surface area contributed by atoms with Crippen LogP contribution in [0.1, 0.15) is 118 Å². The summed E-state index contributed by atoms with van der Waals surface area (Å²) in [5.74, 6) is 1.56. The summed E-state index contributed by atoms with van der Waals surface area (Å²) >= 11 is 0. The zero-order valence-corrected chi connectivity index (χ0v) is 22.5. The molecule has 0 nitrogen and oxygen atoms in total. The van der Waals surface area contributed by atoms with Crippen molar-refractivity contribution in [1.29, 1.82) is 0 Å². The second kappa shape index (κ2) is 9.16. The number of benzene rings is 2. The van der Waals surface area contributed by atoms with E-state index >= 15 is 0 Å². The van der Waals surface area contributed by atoms with E-state index in [-0.39, 0.29) is 18.2 Å². The highest BCUT2D eigenvalue weighted by Crippen LogP contribution is 2.58. The van der Waals surface area contributed by atoms with Gasteiger partial charge in [-0.1, -0.05) is 121 Å². The molecule has 0 fully saturated rings. The molecule has 0 bridgehead atoms. The standard InChI is InChI=1S/C29H45P/c1-19(2)23-17-25(20(3)4)27(26(18-23)21(5)6)22-14-13-15-24(16-22)30(28(7,8)9)29(10,11)12/h13-21H,1-12H3. The van der Waals surface area contributed by atoms with Crippen LogP contribution in [0.4, 0.5) is 0 Å². The van der Waals surface area contributed by atoms with E-state index in [1.807, 2.05) is 0 Å². The molecule has 2 aromatic carbocycles. The van der Waals surface area contributed by atoms with Gasteiger partial charge in [-0.05, 0) is 67.3 Å². The van der Waals surface area contributed by atoms with Crippen LogP contribution in [0.2, 0.25) is 0 Å². The normalized spacial score (nSPS) is 13.2. The van der Waals surface area contributed by atoms with Crippen molar-refractivity contribution in [3.05, 3.63) is 53.1 Å². The van der Waals surface area contributed by atoms with Gasteiger partial charge >= 0.3 is 0 Å². The van der Waals surface area contributed by atoms with Crippen LogP contribution in [0.5, 0.6) is 0 Å². The van der Waals surface area contributed by atoms with Crippen molar-refractivity contribution in [2.45, 2.75) is 111 Å². The van der Waals surface area contributed by atoms with Crippen LogP contribution in [0.15, 0.2) is 36.4 Å². The molecule has 0 amide bonds. The molecule has 0 N–H and O–H groups in total. The Balaban J connectivity index is 2.81. The largest absolute Gasteiger partial charge is 0.0643 e. The third kappa shape index (κ3) is 5.56. The van der Waals surface area contributed by atoms with Crippen molar-refractivity contribution in [3.63, 3.8) is 0 Å². The highest BCUT2D eigenvalue weighted by Gasteiger charge is 2.35. The van der Waals surface area contributed by atoms with Gasteiger partial charge in [0, 0.05) is 0 Å². The smallest absolute Gasteiger partial charge is 0.0114 e. The molecule has 0 spiro atoms. The highest BCUT2D eigenvalue weighted by atomic mass is 31.1. The summed E-state index contributed by atoms with van der Waals surface area (Å²) < 4.78 is 0.